The van der Waals surface area contributed by atoms with Gasteiger partial charge in [0.1, 0.15) is 17.4 Å². The number of hydrogen-bond donors (Lipinski definition) is 3. The Morgan fingerprint density at radius 2 is 1.84 bits per heavy atom. The van der Waals surface area contributed by atoms with E-state index in [0.29, 0.717) is 18.2 Å². The maximum Gasteiger partial charge on any atom is 0.223 e. The van der Waals surface area contributed by atoms with E-state index in [1.54, 1.807) is 20.2 Å². The molecule has 2 aromatic rings. The standard InChI is InChI=1S/C13H17N5O/c1-15-11-7-12(18-13(14)17-11)16-8-9-3-5-10(19-2)6-4-9/h3-7H,8H2,1-2H3,(H4,14,15,16,17,18). The minimum Gasteiger partial charge on any atom is -0.497 e. The van der Waals surface area contributed by atoms with E-state index in [1.165, 1.54) is 0 Å². The summed E-state index contributed by atoms with van der Waals surface area (Å²) in [6.45, 7) is 0.656. The number of nitrogens with two attached hydrogens (primary N) is 1. The molecule has 19 heavy (non-hydrogen) atoms. The lowest BCUT2D eigenvalue weighted by molar-refractivity contribution is 0.414. The summed E-state index contributed by atoms with van der Waals surface area (Å²) >= 11 is 0. The Morgan fingerprint density at radius 1 is 1.16 bits per heavy atom. The van der Waals surface area contributed by atoms with Crippen LogP contribution in [0, 0.1) is 0 Å². The first-order valence-electron chi connectivity index (χ1n) is 5.90. The van der Waals surface area contributed by atoms with Gasteiger partial charge in [-0.3, -0.25) is 0 Å². The molecule has 0 atom stereocenters. The highest BCUT2D eigenvalue weighted by Gasteiger charge is 2.01. The van der Waals surface area contributed by atoms with E-state index < -0.39 is 0 Å². The summed E-state index contributed by atoms with van der Waals surface area (Å²) in [6, 6.07) is 9.64. The van der Waals surface area contributed by atoms with Gasteiger partial charge in [-0.1, -0.05) is 12.1 Å². The number of methoxy groups -OCH3 is 1. The van der Waals surface area contributed by atoms with Crippen LogP contribution in [0.2, 0.25) is 0 Å². The highest BCUT2D eigenvalue weighted by atomic mass is 16.5. The van der Waals surface area contributed by atoms with Gasteiger partial charge < -0.3 is 21.1 Å². The first kappa shape index (κ1) is 12.9. The van der Waals surface area contributed by atoms with Crippen LogP contribution in [0.4, 0.5) is 17.6 Å². The normalized spacial score (nSPS) is 10.0. The number of nitrogens with one attached hydrogen (secondary N) is 2. The minimum absolute atomic E-state index is 0.240. The topological polar surface area (TPSA) is 85.1 Å². The molecule has 0 fully saturated rings. The lowest BCUT2D eigenvalue weighted by atomic mass is 10.2. The molecule has 0 bridgehead atoms. The summed E-state index contributed by atoms with van der Waals surface area (Å²) in [5, 5.41) is 6.14. The molecule has 1 heterocycles. The Balaban J connectivity index is 2.03. The van der Waals surface area contributed by atoms with Crippen molar-refractivity contribution in [1.29, 1.82) is 0 Å². The van der Waals surface area contributed by atoms with Crippen molar-refractivity contribution in [3.05, 3.63) is 35.9 Å². The predicted octanol–water partition coefficient (Wildman–Crippen LogP) is 1.72. The molecular formula is C13H17N5O. The van der Waals surface area contributed by atoms with Gasteiger partial charge in [0.15, 0.2) is 0 Å². The van der Waals surface area contributed by atoms with Crippen LogP contribution in [0.1, 0.15) is 5.56 Å². The molecule has 1 aromatic heterocycles. The van der Waals surface area contributed by atoms with Crippen LogP contribution in [-0.2, 0) is 6.54 Å². The molecule has 100 valence electrons. The van der Waals surface area contributed by atoms with Gasteiger partial charge in [-0.05, 0) is 17.7 Å². The van der Waals surface area contributed by atoms with Crippen molar-refractivity contribution in [3.8, 4) is 5.75 Å². The van der Waals surface area contributed by atoms with Gasteiger partial charge in [0.25, 0.3) is 0 Å². The second kappa shape index (κ2) is 5.90. The molecule has 0 aliphatic heterocycles. The molecule has 0 saturated heterocycles. The Morgan fingerprint density at radius 3 is 2.47 bits per heavy atom. The predicted molar refractivity (Wildman–Crippen MR) is 76.3 cm³/mol. The Kier molecular flexibility index (Phi) is 4.02. The maximum atomic E-state index is 5.62. The van der Waals surface area contributed by atoms with Crippen LogP contribution in [0.5, 0.6) is 5.75 Å². The molecule has 1 aromatic carbocycles. The van der Waals surface area contributed by atoms with Gasteiger partial charge >= 0.3 is 0 Å². The van der Waals surface area contributed by atoms with Crippen LogP contribution in [0.25, 0.3) is 0 Å². The molecule has 6 nitrogen and oxygen atoms in total. The zero-order valence-corrected chi connectivity index (χ0v) is 11.0. The second-order valence-electron chi connectivity index (χ2n) is 3.95. The summed E-state index contributed by atoms with van der Waals surface area (Å²) in [4.78, 5) is 8.15. The summed E-state index contributed by atoms with van der Waals surface area (Å²) in [5.41, 5.74) is 6.75. The zero-order chi connectivity index (χ0) is 13.7. The fourth-order valence-corrected chi connectivity index (χ4v) is 1.62. The van der Waals surface area contributed by atoms with Crippen molar-refractivity contribution < 1.29 is 4.74 Å². The smallest absolute Gasteiger partial charge is 0.223 e. The average molecular weight is 259 g/mol. The van der Waals surface area contributed by atoms with E-state index in [-0.39, 0.29) is 5.95 Å². The molecule has 0 spiro atoms. The third kappa shape index (κ3) is 3.48. The third-order valence-corrected chi connectivity index (χ3v) is 2.63. The summed E-state index contributed by atoms with van der Waals surface area (Å²) < 4.78 is 5.11. The molecule has 0 radical (unpaired) electrons. The highest BCUT2D eigenvalue weighted by Crippen LogP contribution is 2.15. The van der Waals surface area contributed by atoms with Crippen molar-refractivity contribution in [3.63, 3.8) is 0 Å². The first-order valence-corrected chi connectivity index (χ1v) is 5.90. The lowest BCUT2D eigenvalue weighted by Gasteiger charge is -2.08. The SMILES string of the molecule is CNc1cc(NCc2ccc(OC)cc2)nc(N)n1. The molecule has 2 rings (SSSR count). The Bertz CT molecular complexity index is 541. The number of benzene rings is 1. The fourth-order valence-electron chi connectivity index (χ4n) is 1.62. The summed E-state index contributed by atoms with van der Waals surface area (Å²) in [5.74, 6) is 2.45. The quantitative estimate of drug-likeness (QED) is 0.758. The number of hydrogen-bond acceptors (Lipinski definition) is 6. The molecular weight excluding hydrogens is 242 g/mol. The highest BCUT2D eigenvalue weighted by molar-refractivity contribution is 5.50. The van der Waals surface area contributed by atoms with E-state index in [0.717, 1.165) is 11.3 Å². The van der Waals surface area contributed by atoms with Gasteiger partial charge in [0, 0.05) is 19.7 Å². The average Bonchev–Trinajstić information content (AvgIpc) is 2.45. The third-order valence-electron chi connectivity index (χ3n) is 2.63. The molecule has 0 amide bonds. The molecule has 0 unspecified atom stereocenters. The van der Waals surface area contributed by atoms with Gasteiger partial charge in [0.05, 0.1) is 7.11 Å². The van der Waals surface area contributed by atoms with E-state index in [9.17, 15) is 0 Å². The lowest BCUT2D eigenvalue weighted by Crippen LogP contribution is -2.06. The summed E-state index contributed by atoms with van der Waals surface area (Å²) in [6.07, 6.45) is 0. The van der Waals surface area contributed by atoms with Gasteiger partial charge in [0.2, 0.25) is 5.95 Å². The number of anilines is 3. The number of aromatic nitrogens is 2. The monoisotopic (exact) mass is 259 g/mol. The first-order chi connectivity index (χ1) is 9.21. The van der Waals surface area contributed by atoms with Gasteiger partial charge in [-0.25, -0.2) is 0 Å². The van der Waals surface area contributed by atoms with E-state index in [4.69, 9.17) is 10.5 Å². The van der Waals surface area contributed by atoms with Crippen molar-refractivity contribution in [1.82, 2.24) is 9.97 Å². The Labute approximate surface area is 112 Å². The van der Waals surface area contributed by atoms with E-state index in [1.807, 2.05) is 24.3 Å². The maximum absolute atomic E-state index is 5.62. The number of nitrogens with zero attached hydrogens (tertiary/aromatic N) is 2. The molecule has 6 heteroatoms. The number of rotatable bonds is 5. The minimum atomic E-state index is 0.240. The van der Waals surface area contributed by atoms with Crippen LogP contribution in [0.15, 0.2) is 30.3 Å². The van der Waals surface area contributed by atoms with Crippen molar-refractivity contribution in [2.24, 2.45) is 0 Å². The largest absolute Gasteiger partial charge is 0.497 e. The van der Waals surface area contributed by atoms with E-state index >= 15 is 0 Å². The van der Waals surface area contributed by atoms with Gasteiger partial charge in [-0.15, -0.1) is 0 Å². The zero-order valence-electron chi connectivity index (χ0n) is 11.0. The molecule has 0 aliphatic carbocycles. The molecule has 4 N–H and O–H groups in total. The van der Waals surface area contributed by atoms with Crippen LogP contribution < -0.4 is 21.1 Å². The molecule has 0 saturated carbocycles. The second-order valence-corrected chi connectivity index (χ2v) is 3.95. The Hall–Kier alpha value is -2.50. The molecule has 0 aliphatic rings. The van der Waals surface area contributed by atoms with Crippen molar-refractivity contribution in [2.75, 3.05) is 30.5 Å². The fraction of sp³-hybridized carbons (Fsp3) is 0.231. The van der Waals surface area contributed by atoms with Crippen molar-refractivity contribution >= 4 is 17.6 Å². The van der Waals surface area contributed by atoms with Crippen LogP contribution >= 0.6 is 0 Å². The number of ether oxygens (including phenoxy) is 1. The van der Waals surface area contributed by atoms with E-state index in [2.05, 4.69) is 20.6 Å². The number of nitrogen functional groups attached to an aromatic ring is 1. The van der Waals surface area contributed by atoms with Crippen molar-refractivity contribution in [2.45, 2.75) is 6.54 Å². The van der Waals surface area contributed by atoms with Gasteiger partial charge in [-0.2, -0.15) is 9.97 Å². The summed E-state index contributed by atoms with van der Waals surface area (Å²) in [7, 11) is 3.44. The van der Waals surface area contributed by atoms with Crippen LogP contribution in [-0.4, -0.2) is 24.1 Å². The van der Waals surface area contributed by atoms with Crippen LogP contribution in [0.3, 0.4) is 0 Å².